The van der Waals surface area contributed by atoms with E-state index in [-0.39, 0.29) is 11.8 Å². The number of nitrogens with zero attached hydrogens (tertiary/aromatic N) is 1. The first-order chi connectivity index (χ1) is 18.8. The van der Waals surface area contributed by atoms with Gasteiger partial charge in [-0.2, -0.15) is 0 Å². The molecule has 0 saturated carbocycles. The number of carbonyl (C=O) groups is 2. The molecule has 0 fully saturated rings. The summed E-state index contributed by atoms with van der Waals surface area (Å²) in [5.74, 6) is -0.801. The molecular weight excluding hydrogens is 533 g/mol. The van der Waals surface area contributed by atoms with Crippen LogP contribution in [0, 0.1) is 0 Å². The highest BCUT2D eigenvalue weighted by Crippen LogP contribution is 2.39. The molecule has 4 aromatic rings. The molecule has 0 aliphatic carbocycles. The van der Waals surface area contributed by atoms with Gasteiger partial charge in [0.1, 0.15) is 5.82 Å². The van der Waals surface area contributed by atoms with Crippen LogP contribution in [0.25, 0.3) is 11.4 Å². The summed E-state index contributed by atoms with van der Waals surface area (Å²) in [4.78, 5) is 35.4. The number of halogens is 2. The average molecular weight is 558 g/mol. The summed E-state index contributed by atoms with van der Waals surface area (Å²) in [7, 11) is 0. The molecule has 0 spiro atoms. The summed E-state index contributed by atoms with van der Waals surface area (Å²) in [5.41, 5.74) is 4.69. The molecule has 1 aliphatic heterocycles. The zero-order valence-electron chi connectivity index (χ0n) is 21.2. The van der Waals surface area contributed by atoms with E-state index < -0.39 is 5.92 Å². The van der Waals surface area contributed by atoms with Gasteiger partial charge in [0.2, 0.25) is 0 Å². The zero-order chi connectivity index (χ0) is 27.5. The molecule has 0 saturated heterocycles. The van der Waals surface area contributed by atoms with Crippen LogP contribution in [0.15, 0.2) is 108 Å². The lowest BCUT2D eigenvalue weighted by Gasteiger charge is -2.30. The van der Waals surface area contributed by atoms with Gasteiger partial charge in [-0.25, -0.2) is 4.98 Å². The number of nitrogens with one attached hydrogen (secondary N) is 4. The number of benzene rings is 3. The fourth-order valence-corrected chi connectivity index (χ4v) is 4.85. The van der Waals surface area contributed by atoms with Crippen LogP contribution in [0.2, 0.25) is 10.0 Å². The first-order valence-electron chi connectivity index (χ1n) is 12.2. The van der Waals surface area contributed by atoms with Crippen molar-refractivity contribution in [3.63, 3.8) is 0 Å². The number of dihydropyridines is 1. The van der Waals surface area contributed by atoms with Gasteiger partial charge in [-0.15, -0.1) is 0 Å². The molecular formula is C30H25Cl2N5O2. The Kier molecular flexibility index (Phi) is 7.54. The summed E-state index contributed by atoms with van der Waals surface area (Å²) in [6.07, 6.45) is 1.67. The Labute approximate surface area is 236 Å². The highest BCUT2D eigenvalue weighted by atomic mass is 35.5. The number of imidazole rings is 1. The molecule has 2 amide bonds. The minimum atomic E-state index is -0.726. The topological polar surface area (TPSA) is 98.9 Å². The Morgan fingerprint density at radius 3 is 1.72 bits per heavy atom. The van der Waals surface area contributed by atoms with Crippen molar-refractivity contribution in [3.05, 3.63) is 123 Å². The summed E-state index contributed by atoms with van der Waals surface area (Å²) >= 11 is 12.0. The number of rotatable bonds is 6. The molecule has 39 heavy (non-hydrogen) atoms. The third-order valence-corrected chi connectivity index (χ3v) is 6.91. The number of anilines is 2. The van der Waals surface area contributed by atoms with Crippen molar-refractivity contribution in [2.45, 2.75) is 19.8 Å². The number of carbonyl (C=O) groups excluding carboxylic acids is 2. The van der Waals surface area contributed by atoms with Crippen LogP contribution in [0.5, 0.6) is 0 Å². The van der Waals surface area contributed by atoms with Gasteiger partial charge >= 0.3 is 0 Å². The van der Waals surface area contributed by atoms with Crippen molar-refractivity contribution in [1.29, 1.82) is 0 Å². The lowest BCUT2D eigenvalue weighted by atomic mass is 9.82. The van der Waals surface area contributed by atoms with Gasteiger partial charge in [0.05, 0.1) is 5.92 Å². The molecule has 1 aromatic heterocycles. The van der Waals surface area contributed by atoms with Gasteiger partial charge in [-0.1, -0.05) is 53.5 Å². The van der Waals surface area contributed by atoms with Crippen molar-refractivity contribution < 1.29 is 9.59 Å². The minimum absolute atomic E-state index is 0.354. The molecule has 0 radical (unpaired) electrons. The Morgan fingerprint density at radius 1 is 0.744 bits per heavy atom. The summed E-state index contributed by atoms with van der Waals surface area (Å²) in [6, 6.07) is 23.3. The van der Waals surface area contributed by atoms with E-state index in [4.69, 9.17) is 23.2 Å². The van der Waals surface area contributed by atoms with Crippen molar-refractivity contribution in [2.75, 3.05) is 10.6 Å². The van der Waals surface area contributed by atoms with Gasteiger partial charge in [0.15, 0.2) is 0 Å². The van der Waals surface area contributed by atoms with Crippen LogP contribution in [-0.4, -0.2) is 21.8 Å². The predicted molar refractivity (Wildman–Crippen MR) is 155 cm³/mol. The van der Waals surface area contributed by atoms with E-state index in [1.807, 2.05) is 44.2 Å². The first-order valence-corrected chi connectivity index (χ1v) is 13.0. The number of allylic oxidation sites excluding steroid dienone is 2. The number of aromatic amines is 1. The Hall–Kier alpha value is -4.33. The second kappa shape index (κ2) is 11.2. The van der Waals surface area contributed by atoms with Crippen molar-refractivity contribution in [3.8, 4) is 11.4 Å². The molecule has 3 aromatic carbocycles. The van der Waals surface area contributed by atoms with Crippen molar-refractivity contribution >= 4 is 46.4 Å². The number of amides is 2. The fraction of sp³-hybridized carbons (Fsp3) is 0.100. The van der Waals surface area contributed by atoms with Gasteiger partial charge in [0, 0.05) is 61.4 Å². The summed E-state index contributed by atoms with van der Waals surface area (Å²) in [5, 5.41) is 10.2. The summed E-state index contributed by atoms with van der Waals surface area (Å²) < 4.78 is 0. The molecule has 4 N–H and O–H groups in total. The normalized spacial score (nSPS) is 13.7. The van der Waals surface area contributed by atoms with Gasteiger partial charge in [-0.3, -0.25) is 9.59 Å². The van der Waals surface area contributed by atoms with E-state index in [1.54, 1.807) is 54.7 Å². The number of H-pyrrole nitrogens is 1. The van der Waals surface area contributed by atoms with Crippen LogP contribution < -0.4 is 16.0 Å². The second-order valence-corrected chi connectivity index (χ2v) is 9.98. The molecule has 0 atom stereocenters. The van der Waals surface area contributed by atoms with Gasteiger partial charge < -0.3 is 20.9 Å². The van der Waals surface area contributed by atoms with Crippen molar-refractivity contribution in [2.24, 2.45) is 0 Å². The maximum atomic E-state index is 13.7. The largest absolute Gasteiger partial charge is 0.362 e. The van der Waals surface area contributed by atoms with Crippen LogP contribution in [0.3, 0.4) is 0 Å². The molecule has 7 nitrogen and oxygen atoms in total. The Morgan fingerprint density at radius 2 is 1.23 bits per heavy atom. The minimum Gasteiger partial charge on any atom is -0.362 e. The van der Waals surface area contributed by atoms with Gasteiger partial charge in [0.25, 0.3) is 11.8 Å². The van der Waals surface area contributed by atoms with E-state index in [9.17, 15) is 9.59 Å². The number of hydrogen-bond acceptors (Lipinski definition) is 4. The van der Waals surface area contributed by atoms with E-state index in [2.05, 4.69) is 25.9 Å². The lowest BCUT2D eigenvalue weighted by Crippen LogP contribution is -2.35. The predicted octanol–water partition coefficient (Wildman–Crippen LogP) is 6.90. The smallest absolute Gasteiger partial charge is 0.254 e. The Balaban J connectivity index is 1.56. The summed E-state index contributed by atoms with van der Waals surface area (Å²) in [6.45, 7) is 3.63. The third kappa shape index (κ3) is 5.74. The quantitative estimate of drug-likeness (QED) is 0.207. The molecule has 0 unspecified atom stereocenters. The standard InChI is InChI=1S/C30H25Cl2N5O2/c1-17-25(29(38)35-22-12-8-20(31)9-13-22)27(24-16-33-28(37-24)19-6-4-3-5-7-19)26(18(2)34-17)30(39)36-23-14-10-21(32)11-15-23/h3-16,27,34H,1-2H3,(H,33,37)(H,35,38)(H,36,39). The third-order valence-electron chi connectivity index (χ3n) is 6.41. The molecule has 9 heteroatoms. The molecule has 196 valence electrons. The fourth-order valence-electron chi connectivity index (χ4n) is 4.60. The maximum absolute atomic E-state index is 13.7. The van der Waals surface area contributed by atoms with Gasteiger partial charge in [-0.05, 0) is 62.4 Å². The van der Waals surface area contributed by atoms with E-state index in [0.29, 0.717) is 55.5 Å². The zero-order valence-corrected chi connectivity index (χ0v) is 22.7. The molecule has 0 bridgehead atoms. The first kappa shape index (κ1) is 26.3. The molecule has 5 rings (SSSR count). The van der Waals surface area contributed by atoms with Crippen molar-refractivity contribution in [1.82, 2.24) is 15.3 Å². The monoisotopic (exact) mass is 557 g/mol. The van der Waals surface area contributed by atoms with Crippen LogP contribution in [0.1, 0.15) is 25.5 Å². The highest BCUT2D eigenvalue weighted by molar-refractivity contribution is 6.31. The average Bonchev–Trinajstić information content (AvgIpc) is 3.41. The second-order valence-electron chi connectivity index (χ2n) is 9.11. The molecule has 2 heterocycles. The lowest BCUT2D eigenvalue weighted by molar-refractivity contribution is -0.113. The highest BCUT2D eigenvalue weighted by Gasteiger charge is 2.37. The van der Waals surface area contributed by atoms with Crippen LogP contribution in [0.4, 0.5) is 11.4 Å². The van der Waals surface area contributed by atoms with E-state index in [0.717, 1.165) is 5.56 Å². The van der Waals surface area contributed by atoms with E-state index in [1.165, 1.54) is 0 Å². The molecule has 1 aliphatic rings. The van der Waals surface area contributed by atoms with E-state index >= 15 is 0 Å². The Bertz CT molecular complexity index is 1510. The van der Waals surface area contributed by atoms with Crippen LogP contribution >= 0.6 is 23.2 Å². The van der Waals surface area contributed by atoms with Crippen LogP contribution in [-0.2, 0) is 9.59 Å². The number of aromatic nitrogens is 2. The maximum Gasteiger partial charge on any atom is 0.254 e. The SMILES string of the molecule is CC1=C(C(=O)Nc2ccc(Cl)cc2)C(c2cnc(-c3ccccc3)[nH]2)C(C(=O)Nc2ccc(Cl)cc2)=C(C)N1. The number of hydrogen-bond donors (Lipinski definition) is 4.